The third-order valence-corrected chi connectivity index (χ3v) is 8.22. The van der Waals surface area contributed by atoms with Gasteiger partial charge in [-0.1, -0.05) is 23.2 Å². The molecule has 1 aromatic heterocycles. The molecule has 5 rings (SSSR count). The molecular formula is C31H36Cl2FN5O2. The first kappa shape index (κ1) is 29.6. The van der Waals surface area contributed by atoms with E-state index >= 15 is 0 Å². The molecule has 0 bridgehead atoms. The third kappa shape index (κ3) is 8.10. The topological polar surface area (TPSA) is 83.7 Å². The molecule has 2 saturated heterocycles. The van der Waals surface area contributed by atoms with Crippen LogP contribution in [0.3, 0.4) is 0 Å². The number of nitrogens with zero attached hydrogens (tertiary/aromatic N) is 3. The number of nitrogens with two attached hydrogens (primary N) is 1. The Morgan fingerprint density at radius 3 is 2.41 bits per heavy atom. The summed E-state index contributed by atoms with van der Waals surface area (Å²) >= 11 is 12.7. The van der Waals surface area contributed by atoms with Crippen LogP contribution in [-0.2, 0) is 11.3 Å². The molecule has 1 amide bonds. The number of amides is 1. The van der Waals surface area contributed by atoms with Gasteiger partial charge >= 0.3 is 0 Å². The minimum atomic E-state index is -1.06. The van der Waals surface area contributed by atoms with Crippen molar-refractivity contribution < 1.29 is 13.9 Å². The molecule has 0 saturated carbocycles. The quantitative estimate of drug-likeness (QED) is 0.327. The van der Waals surface area contributed by atoms with Gasteiger partial charge in [0.1, 0.15) is 23.5 Å². The number of hydrogen-bond donors (Lipinski definition) is 2. The van der Waals surface area contributed by atoms with E-state index < -0.39 is 12.2 Å². The molecule has 3 N–H and O–H groups in total. The Morgan fingerprint density at radius 2 is 1.76 bits per heavy atom. The normalized spacial score (nSPS) is 20.2. The molecule has 7 nitrogen and oxygen atoms in total. The van der Waals surface area contributed by atoms with Crippen LogP contribution in [0.4, 0.5) is 10.2 Å². The molecule has 0 aliphatic carbocycles. The molecule has 3 heterocycles. The smallest absolute Gasteiger partial charge is 0.216 e. The van der Waals surface area contributed by atoms with Gasteiger partial charge in [-0.2, -0.15) is 0 Å². The van der Waals surface area contributed by atoms with Gasteiger partial charge in [-0.05, 0) is 103 Å². The maximum Gasteiger partial charge on any atom is 0.216 e. The Kier molecular flexibility index (Phi) is 9.65. The van der Waals surface area contributed by atoms with Crippen molar-refractivity contribution in [2.75, 3.05) is 37.6 Å². The third-order valence-electron chi connectivity index (χ3n) is 7.79. The van der Waals surface area contributed by atoms with E-state index in [4.69, 9.17) is 33.7 Å². The van der Waals surface area contributed by atoms with Crippen LogP contribution < -0.4 is 20.7 Å². The van der Waals surface area contributed by atoms with Crippen molar-refractivity contribution >= 4 is 34.9 Å². The number of piperidine rings is 2. The predicted octanol–water partition coefficient (Wildman–Crippen LogP) is 6.07. The highest BCUT2D eigenvalue weighted by Crippen LogP contribution is 2.33. The zero-order valence-corrected chi connectivity index (χ0v) is 24.7. The van der Waals surface area contributed by atoms with E-state index in [1.807, 2.05) is 41.3 Å². The summed E-state index contributed by atoms with van der Waals surface area (Å²) in [6.07, 6.45) is 3.27. The van der Waals surface area contributed by atoms with Crippen molar-refractivity contribution in [2.24, 2.45) is 11.7 Å². The van der Waals surface area contributed by atoms with Gasteiger partial charge in [-0.15, -0.1) is 0 Å². The van der Waals surface area contributed by atoms with Crippen LogP contribution in [0.1, 0.15) is 31.7 Å². The van der Waals surface area contributed by atoms with Crippen LogP contribution in [0, 0.1) is 5.92 Å². The summed E-state index contributed by atoms with van der Waals surface area (Å²) < 4.78 is 20.4. The first-order chi connectivity index (χ1) is 19.7. The number of benzene rings is 2. The van der Waals surface area contributed by atoms with Gasteiger partial charge in [0.25, 0.3) is 0 Å². The number of hydrogen-bond acceptors (Lipinski definition) is 6. The molecule has 1 unspecified atom stereocenters. The number of halogens is 3. The van der Waals surface area contributed by atoms with Gasteiger partial charge in [0.05, 0.1) is 12.7 Å². The van der Waals surface area contributed by atoms with Gasteiger partial charge in [0, 0.05) is 42.6 Å². The number of pyridine rings is 1. The van der Waals surface area contributed by atoms with Gasteiger partial charge in [0.15, 0.2) is 0 Å². The average molecular weight is 601 g/mol. The summed E-state index contributed by atoms with van der Waals surface area (Å²) in [6, 6.07) is 15.0. The zero-order valence-electron chi connectivity index (χ0n) is 23.2. The predicted molar refractivity (Wildman–Crippen MR) is 163 cm³/mol. The molecule has 2 aliphatic rings. The molecule has 0 radical (unpaired) electrons. The standard InChI is InChI=1S/C31H36Cl2FN5O2/c1-20(40)36-16-21-4-7-38(8-5-21)18-22-10-23(24-12-25(32)15-26(33)13-24)14-28(11-22)41-27-2-3-31(37-17-27)39-9-6-30(35)29(34)19-39/h2-3,10-15,17,21,29-30H,4-9,16,18-19,35H2,1H3,(H,36,40)/t29-,30?/m0/s1. The number of anilines is 1. The Balaban J connectivity index is 1.33. The Hall–Kier alpha value is -2.91. The Bertz CT molecular complexity index is 1330. The monoisotopic (exact) mass is 599 g/mol. The lowest BCUT2D eigenvalue weighted by Crippen LogP contribution is -2.48. The Labute approximate surface area is 250 Å². The molecule has 2 fully saturated rings. The number of likely N-dealkylation sites (tertiary alicyclic amines) is 1. The number of nitrogens with one attached hydrogen (secondary N) is 1. The van der Waals surface area contributed by atoms with Crippen LogP contribution in [0.2, 0.25) is 10.0 Å². The van der Waals surface area contributed by atoms with Crippen LogP contribution in [0.15, 0.2) is 54.7 Å². The molecule has 41 heavy (non-hydrogen) atoms. The summed E-state index contributed by atoms with van der Waals surface area (Å²) in [5.74, 6) is 2.49. The van der Waals surface area contributed by atoms with Crippen molar-refractivity contribution in [1.82, 2.24) is 15.2 Å². The van der Waals surface area contributed by atoms with Gasteiger partial charge < -0.3 is 20.7 Å². The fraction of sp³-hybridized carbons (Fsp3) is 0.419. The largest absolute Gasteiger partial charge is 0.456 e. The highest BCUT2D eigenvalue weighted by Gasteiger charge is 2.27. The van der Waals surface area contributed by atoms with Crippen LogP contribution >= 0.6 is 23.2 Å². The highest BCUT2D eigenvalue weighted by molar-refractivity contribution is 6.35. The lowest BCUT2D eigenvalue weighted by Gasteiger charge is -2.33. The molecule has 2 atom stereocenters. The fourth-order valence-electron chi connectivity index (χ4n) is 5.48. The SMILES string of the molecule is CC(=O)NCC1CCN(Cc2cc(Oc3ccc(N4CCC(N)[C@@H](F)C4)nc3)cc(-c3cc(Cl)cc(Cl)c3)c2)CC1. The highest BCUT2D eigenvalue weighted by atomic mass is 35.5. The van der Waals surface area contributed by atoms with Crippen LogP contribution in [0.5, 0.6) is 11.5 Å². The maximum atomic E-state index is 14.1. The van der Waals surface area contributed by atoms with E-state index in [2.05, 4.69) is 21.3 Å². The first-order valence-corrected chi connectivity index (χ1v) is 14.8. The zero-order chi connectivity index (χ0) is 28.9. The van der Waals surface area contributed by atoms with E-state index in [0.717, 1.165) is 55.7 Å². The van der Waals surface area contributed by atoms with Crippen molar-refractivity contribution in [3.8, 4) is 22.6 Å². The molecule has 10 heteroatoms. The molecule has 3 aromatic rings. The fourth-order valence-corrected chi connectivity index (χ4v) is 6.01. The van der Waals surface area contributed by atoms with Gasteiger partial charge in [-0.25, -0.2) is 9.37 Å². The molecule has 0 spiro atoms. The minimum Gasteiger partial charge on any atom is -0.456 e. The molecule has 2 aliphatic heterocycles. The van der Waals surface area contributed by atoms with Crippen LogP contribution in [-0.4, -0.2) is 60.7 Å². The van der Waals surface area contributed by atoms with Crippen molar-refractivity contribution in [3.05, 3.63) is 70.3 Å². The van der Waals surface area contributed by atoms with Gasteiger partial charge in [0.2, 0.25) is 5.91 Å². The lowest BCUT2D eigenvalue weighted by molar-refractivity contribution is -0.119. The van der Waals surface area contributed by atoms with Crippen molar-refractivity contribution in [2.45, 2.75) is 44.9 Å². The van der Waals surface area contributed by atoms with Crippen LogP contribution in [0.25, 0.3) is 11.1 Å². The van der Waals surface area contributed by atoms with E-state index in [0.29, 0.717) is 46.2 Å². The minimum absolute atomic E-state index is 0.0207. The second kappa shape index (κ2) is 13.4. The number of carbonyl (C=O) groups is 1. The summed E-state index contributed by atoms with van der Waals surface area (Å²) in [5, 5.41) is 4.08. The second-order valence-corrected chi connectivity index (χ2v) is 11.9. The van der Waals surface area contributed by atoms with Crippen molar-refractivity contribution in [1.29, 1.82) is 0 Å². The molecule has 218 valence electrons. The average Bonchev–Trinajstić information content (AvgIpc) is 2.94. The summed E-state index contributed by atoms with van der Waals surface area (Å²) in [4.78, 5) is 20.2. The first-order valence-electron chi connectivity index (χ1n) is 14.1. The second-order valence-electron chi connectivity index (χ2n) is 11.0. The van der Waals surface area contributed by atoms with E-state index in [1.54, 1.807) is 19.2 Å². The number of alkyl halides is 1. The van der Waals surface area contributed by atoms with E-state index in [1.165, 1.54) is 0 Å². The number of ether oxygens (including phenoxy) is 1. The van der Waals surface area contributed by atoms with E-state index in [-0.39, 0.29) is 12.5 Å². The number of carbonyl (C=O) groups excluding carboxylic acids is 1. The summed E-state index contributed by atoms with van der Waals surface area (Å²) in [6.45, 7) is 5.90. The number of aromatic nitrogens is 1. The number of rotatable bonds is 8. The molecular weight excluding hydrogens is 564 g/mol. The Morgan fingerprint density at radius 1 is 1.02 bits per heavy atom. The molecule has 2 aromatic carbocycles. The van der Waals surface area contributed by atoms with Gasteiger partial charge in [-0.3, -0.25) is 9.69 Å². The maximum absolute atomic E-state index is 14.1. The summed E-state index contributed by atoms with van der Waals surface area (Å²) in [7, 11) is 0. The lowest BCUT2D eigenvalue weighted by atomic mass is 9.96. The van der Waals surface area contributed by atoms with E-state index in [9.17, 15) is 9.18 Å². The van der Waals surface area contributed by atoms with Crippen molar-refractivity contribution in [3.63, 3.8) is 0 Å². The summed E-state index contributed by atoms with van der Waals surface area (Å²) in [5.41, 5.74) is 8.79.